The number of rotatable bonds is 4. The fourth-order valence-corrected chi connectivity index (χ4v) is 4.12. The van der Waals surface area contributed by atoms with Gasteiger partial charge in [-0.2, -0.15) is 0 Å². The van der Waals surface area contributed by atoms with E-state index in [0.29, 0.717) is 5.69 Å². The summed E-state index contributed by atoms with van der Waals surface area (Å²) in [6, 6.07) is 14.0. The Morgan fingerprint density at radius 1 is 1.12 bits per heavy atom. The Kier molecular flexibility index (Phi) is 5.29. The van der Waals surface area contributed by atoms with Crippen molar-refractivity contribution in [1.29, 1.82) is 0 Å². The minimum atomic E-state index is -3.54. The average molecular weight is 373 g/mol. The van der Waals surface area contributed by atoms with E-state index in [0.717, 1.165) is 29.1 Å². The number of carbonyl (C=O) groups excluding carboxylic acids is 1. The van der Waals surface area contributed by atoms with E-state index < -0.39 is 10.0 Å². The van der Waals surface area contributed by atoms with E-state index in [1.807, 2.05) is 18.2 Å². The molecule has 0 saturated heterocycles. The van der Waals surface area contributed by atoms with Crippen LogP contribution in [0, 0.1) is 0 Å². The van der Waals surface area contributed by atoms with Gasteiger partial charge in [0.2, 0.25) is 10.0 Å². The molecular weight excluding hydrogens is 350 g/mol. The molecule has 2 N–H and O–H groups in total. The van der Waals surface area contributed by atoms with Gasteiger partial charge in [0.1, 0.15) is 0 Å². The van der Waals surface area contributed by atoms with E-state index >= 15 is 0 Å². The van der Waals surface area contributed by atoms with Crippen LogP contribution in [0.5, 0.6) is 0 Å². The predicted molar refractivity (Wildman–Crippen MR) is 102 cm³/mol. The quantitative estimate of drug-likeness (QED) is 0.864. The first kappa shape index (κ1) is 18.4. The number of amides is 2. The highest BCUT2D eigenvalue weighted by Crippen LogP contribution is 2.29. The van der Waals surface area contributed by atoms with Gasteiger partial charge in [-0.25, -0.2) is 17.5 Å². The van der Waals surface area contributed by atoms with Crippen LogP contribution in [0.15, 0.2) is 53.4 Å². The molecule has 2 aromatic carbocycles. The van der Waals surface area contributed by atoms with Crippen molar-refractivity contribution in [3.8, 4) is 0 Å². The number of aryl methyl sites for hydroxylation is 1. The fourth-order valence-electron chi connectivity index (χ4n) is 3.17. The van der Waals surface area contributed by atoms with Gasteiger partial charge < -0.3 is 10.6 Å². The largest absolute Gasteiger partial charge is 0.331 e. The summed E-state index contributed by atoms with van der Waals surface area (Å²) in [6.07, 6.45) is 2.94. The third-order valence-corrected chi connectivity index (χ3v) is 6.36. The molecule has 0 fully saturated rings. The number of hydrogen-bond donors (Lipinski definition) is 2. The summed E-state index contributed by atoms with van der Waals surface area (Å²) in [5.74, 6) is 0. The minimum Gasteiger partial charge on any atom is -0.331 e. The van der Waals surface area contributed by atoms with Crippen LogP contribution in [0.1, 0.15) is 30.0 Å². The zero-order valence-electron chi connectivity index (χ0n) is 14.9. The summed E-state index contributed by atoms with van der Waals surface area (Å²) in [6.45, 7) is 0. The van der Waals surface area contributed by atoms with Crippen molar-refractivity contribution in [3.63, 3.8) is 0 Å². The monoisotopic (exact) mass is 373 g/mol. The second kappa shape index (κ2) is 7.47. The molecule has 0 spiro atoms. The maximum atomic E-state index is 12.4. The van der Waals surface area contributed by atoms with Gasteiger partial charge in [-0.1, -0.05) is 30.3 Å². The number of carbonyl (C=O) groups is 1. The van der Waals surface area contributed by atoms with Crippen molar-refractivity contribution in [2.45, 2.75) is 30.2 Å². The third kappa shape index (κ3) is 3.89. The molecule has 6 nitrogen and oxygen atoms in total. The second-order valence-corrected chi connectivity index (χ2v) is 8.71. The first-order chi connectivity index (χ1) is 12.4. The number of nitrogens with zero attached hydrogens (tertiary/aromatic N) is 1. The molecule has 1 aliphatic rings. The van der Waals surface area contributed by atoms with Gasteiger partial charge in [0, 0.05) is 19.8 Å². The van der Waals surface area contributed by atoms with Crippen LogP contribution in [-0.2, 0) is 16.4 Å². The molecule has 0 saturated carbocycles. The highest BCUT2D eigenvalue weighted by molar-refractivity contribution is 7.89. The van der Waals surface area contributed by atoms with Gasteiger partial charge in [0.15, 0.2) is 0 Å². The Labute approximate surface area is 154 Å². The molecule has 2 aromatic rings. The number of fused-ring (bicyclic) bond motifs is 1. The van der Waals surface area contributed by atoms with Crippen molar-refractivity contribution >= 4 is 21.7 Å². The van der Waals surface area contributed by atoms with Crippen molar-refractivity contribution in [3.05, 3.63) is 59.7 Å². The molecular formula is C19H23N3O3S. The van der Waals surface area contributed by atoms with Crippen molar-refractivity contribution in [1.82, 2.24) is 9.62 Å². The third-order valence-electron chi connectivity index (χ3n) is 4.55. The number of nitrogens with one attached hydrogen (secondary N) is 2. The van der Waals surface area contributed by atoms with Crippen molar-refractivity contribution in [2.75, 3.05) is 19.4 Å². The topological polar surface area (TPSA) is 78.5 Å². The average Bonchev–Trinajstić information content (AvgIpc) is 2.62. The first-order valence-corrected chi connectivity index (χ1v) is 10.00. The van der Waals surface area contributed by atoms with E-state index in [4.69, 9.17) is 0 Å². The first-order valence-electron chi connectivity index (χ1n) is 8.56. The summed E-state index contributed by atoms with van der Waals surface area (Å²) in [7, 11) is -0.591. The molecule has 0 bridgehead atoms. The zero-order valence-corrected chi connectivity index (χ0v) is 15.7. The van der Waals surface area contributed by atoms with Crippen LogP contribution in [0.4, 0.5) is 10.5 Å². The van der Waals surface area contributed by atoms with Gasteiger partial charge >= 0.3 is 6.03 Å². The molecule has 26 heavy (non-hydrogen) atoms. The van der Waals surface area contributed by atoms with Crippen LogP contribution in [0.25, 0.3) is 0 Å². The van der Waals surface area contributed by atoms with Crippen molar-refractivity contribution < 1.29 is 13.2 Å². The Bertz CT molecular complexity index is 910. The lowest BCUT2D eigenvalue weighted by molar-refractivity contribution is 0.247. The standard InChI is InChI=1S/C19H23N3O3S/c1-22(2)26(24,25)16-10-6-9-15(13-16)20-19(23)21-18-12-5-8-14-7-3-4-11-17(14)18/h3-4,6-7,9-11,13,18H,5,8,12H2,1-2H3,(H2,20,21,23). The molecule has 0 aromatic heterocycles. The smallest absolute Gasteiger partial charge is 0.319 e. The number of hydrogen-bond acceptors (Lipinski definition) is 3. The van der Waals surface area contributed by atoms with Gasteiger partial charge in [-0.05, 0) is 48.6 Å². The lowest BCUT2D eigenvalue weighted by atomic mass is 9.88. The normalized spacial score (nSPS) is 16.8. The summed E-state index contributed by atoms with van der Waals surface area (Å²) in [5.41, 5.74) is 2.86. The Morgan fingerprint density at radius 2 is 1.88 bits per heavy atom. The number of anilines is 1. The maximum Gasteiger partial charge on any atom is 0.319 e. The molecule has 1 atom stereocenters. The number of urea groups is 1. The predicted octanol–water partition coefficient (Wildman–Crippen LogP) is 3.14. The summed E-state index contributed by atoms with van der Waals surface area (Å²) in [5, 5.41) is 5.73. The lowest BCUT2D eigenvalue weighted by Gasteiger charge is -2.26. The van der Waals surface area contributed by atoms with Crippen LogP contribution < -0.4 is 10.6 Å². The Morgan fingerprint density at radius 3 is 2.65 bits per heavy atom. The highest BCUT2D eigenvalue weighted by Gasteiger charge is 2.22. The van der Waals surface area contributed by atoms with Crippen LogP contribution >= 0.6 is 0 Å². The molecule has 0 aliphatic heterocycles. The maximum absolute atomic E-state index is 12.4. The number of sulfonamides is 1. The molecule has 3 rings (SSSR count). The van der Waals surface area contributed by atoms with E-state index in [1.165, 1.54) is 31.8 Å². The Balaban J connectivity index is 1.72. The van der Waals surface area contributed by atoms with Gasteiger partial charge in [0.25, 0.3) is 0 Å². The van der Waals surface area contributed by atoms with Gasteiger partial charge in [-0.3, -0.25) is 0 Å². The summed E-state index contributed by atoms with van der Waals surface area (Å²) < 4.78 is 25.6. The molecule has 2 amide bonds. The second-order valence-electron chi connectivity index (χ2n) is 6.56. The molecule has 0 radical (unpaired) electrons. The molecule has 0 heterocycles. The van der Waals surface area contributed by atoms with E-state index in [-0.39, 0.29) is 17.0 Å². The van der Waals surface area contributed by atoms with E-state index in [9.17, 15) is 13.2 Å². The van der Waals surface area contributed by atoms with Gasteiger partial charge in [-0.15, -0.1) is 0 Å². The molecule has 1 aliphatic carbocycles. The summed E-state index contributed by atoms with van der Waals surface area (Å²) in [4.78, 5) is 12.5. The molecule has 1 unspecified atom stereocenters. The van der Waals surface area contributed by atoms with Crippen LogP contribution in [-0.4, -0.2) is 32.8 Å². The van der Waals surface area contributed by atoms with E-state index in [2.05, 4.69) is 16.7 Å². The highest BCUT2D eigenvalue weighted by atomic mass is 32.2. The minimum absolute atomic E-state index is 0.0337. The SMILES string of the molecule is CN(C)S(=O)(=O)c1cccc(NC(=O)NC2CCCc3ccccc32)c1. The van der Waals surface area contributed by atoms with E-state index in [1.54, 1.807) is 12.1 Å². The van der Waals surface area contributed by atoms with Crippen LogP contribution in [0.3, 0.4) is 0 Å². The lowest BCUT2D eigenvalue weighted by Crippen LogP contribution is -2.34. The van der Waals surface area contributed by atoms with Crippen molar-refractivity contribution in [2.24, 2.45) is 0 Å². The molecule has 7 heteroatoms. The summed E-state index contributed by atoms with van der Waals surface area (Å²) >= 11 is 0. The zero-order chi connectivity index (χ0) is 18.7. The number of benzene rings is 2. The molecule has 138 valence electrons. The van der Waals surface area contributed by atoms with Gasteiger partial charge in [0.05, 0.1) is 10.9 Å². The van der Waals surface area contributed by atoms with Crippen LogP contribution in [0.2, 0.25) is 0 Å². The fraction of sp³-hybridized carbons (Fsp3) is 0.316. The Hall–Kier alpha value is -2.38.